The summed E-state index contributed by atoms with van der Waals surface area (Å²) in [5.41, 5.74) is 1.17. The second-order valence-corrected chi connectivity index (χ2v) is 4.77. The van der Waals surface area contributed by atoms with Gasteiger partial charge in [0.2, 0.25) is 10.0 Å². The van der Waals surface area contributed by atoms with Gasteiger partial charge in [0.1, 0.15) is 0 Å². The normalized spacial score (nSPS) is 11.6. The minimum Gasteiger partial charge on any atom is -0.225 e. The van der Waals surface area contributed by atoms with E-state index in [0.717, 1.165) is 0 Å². The summed E-state index contributed by atoms with van der Waals surface area (Å²) in [5, 5.41) is 5.03. The largest absolute Gasteiger partial charge is 0.238 e. The first-order valence-corrected chi connectivity index (χ1v) is 6.37. The number of benzene rings is 1. The number of halogens is 2. The van der Waals surface area contributed by atoms with E-state index in [1.165, 1.54) is 6.07 Å². The molecule has 0 spiro atoms. The van der Waals surface area contributed by atoms with E-state index < -0.39 is 10.0 Å². The lowest BCUT2D eigenvalue weighted by atomic mass is 10.1. The quantitative estimate of drug-likeness (QED) is 0.836. The molecule has 0 saturated carbocycles. The summed E-state index contributed by atoms with van der Waals surface area (Å²) in [7, 11) is -3.72. The molecule has 0 radical (unpaired) electrons. The molecule has 0 aliphatic rings. The molecule has 0 atom stereocenters. The Hall–Kier alpha value is -0.290. The minimum atomic E-state index is -3.72. The van der Waals surface area contributed by atoms with Gasteiger partial charge in [0.25, 0.3) is 0 Å². The van der Waals surface area contributed by atoms with Gasteiger partial charge in [-0.3, -0.25) is 0 Å². The highest BCUT2D eigenvalue weighted by molar-refractivity contribution is 7.89. The number of hydrogen-bond donors (Lipinski definition) is 1. The number of nitrogens with two attached hydrogens (primary N) is 1. The Kier molecular flexibility index (Phi) is 3.78. The van der Waals surface area contributed by atoms with Crippen LogP contribution >= 0.6 is 23.2 Å². The van der Waals surface area contributed by atoms with Crippen LogP contribution in [0.2, 0.25) is 0 Å². The lowest BCUT2D eigenvalue weighted by Crippen LogP contribution is -2.15. The fraction of sp³-hybridized carbons (Fsp3) is 0.250. The van der Waals surface area contributed by atoms with Crippen LogP contribution in [0.15, 0.2) is 23.1 Å². The Morgan fingerprint density at radius 1 is 1.21 bits per heavy atom. The molecule has 1 aromatic carbocycles. The standard InChI is InChI=1S/C8H9Cl2NO2S/c9-4-6-2-1-3-8(7(6)5-10)14(11,12)13/h1-3H,4-5H2,(H2,11,12,13). The zero-order valence-corrected chi connectivity index (χ0v) is 9.53. The maximum Gasteiger partial charge on any atom is 0.238 e. The number of sulfonamides is 1. The summed E-state index contributed by atoms with van der Waals surface area (Å²) in [5.74, 6) is 0.292. The molecular formula is C8H9Cl2NO2S. The van der Waals surface area contributed by atoms with E-state index in [1.54, 1.807) is 12.1 Å². The molecule has 0 fully saturated rings. The van der Waals surface area contributed by atoms with E-state index in [0.29, 0.717) is 11.1 Å². The number of hydrogen-bond acceptors (Lipinski definition) is 2. The van der Waals surface area contributed by atoms with Crippen LogP contribution in [0.5, 0.6) is 0 Å². The first-order valence-electron chi connectivity index (χ1n) is 3.76. The monoisotopic (exact) mass is 253 g/mol. The molecule has 2 N–H and O–H groups in total. The van der Waals surface area contributed by atoms with Gasteiger partial charge in [0.15, 0.2) is 0 Å². The van der Waals surface area contributed by atoms with Crippen molar-refractivity contribution in [2.75, 3.05) is 0 Å². The maximum atomic E-state index is 11.2. The zero-order valence-electron chi connectivity index (χ0n) is 7.20. The molecule has 1 aromatic rings. The van der Waals surface area contributed by atoms with Crippen molar-refractivity contribution >= 4 is 33.2 Å². The smallest absolute Gasteiger partial charge is 0.225 e. The van der Waals surface area contributed by atoms with Gasteiger partial charge in [-0.2, -0.15) is 0 Å². The lowest BCUT2D eigenvalue weighted by Gasteiger charge is -2.08. The van der Waals surface area contributed by atoms with Crippen molar-refractivity contribution in [2.45, 2.75) is 16.7 Å². The van der Waals surface area contributed by atoms with Gasteiger partial charge in [0.05, 0.1) is 4.90 Å². The van der Waals surface area contributed by atoms with Crippen molar-refractivity contribution in [3.05, 3.63) is 29.3 Å². The molecule has 0 aliphatic heterocycles. The molecule has 1 rings (SSSR count). The average Bonchev–Trinajstić information content (AvgIpc) is 2.15. The predicted molar refractivity (Wildman–Crippen MR) is 56.9 cm³/mol. The van der Waals surface area contributed by atoms with Crippen molar-refractivity contribution in [1.82, 2.24) is 0 Å². The molecule has 0 aliphatic carbocycles. The van der Waals surface area contributed by atoms with E-state index in [-0.39, 0.29) is 16.7 Å². The highest BCUT2D eigenvalue weighted by Gasteiger charge is 2.15. The van der Waals surface area contributed by atoms with Gasteiger partial charge >= 0.3 is 0 Å². The van der Waals surface area contributed by atoms with E-state index in [1.807, 2.05) is 0 Å². The maximum absolute atomic E-state index is 11.2. The van der Waals surface area contributed by atoms with Crippen LogP contribution in [0, 0.1) is 0 Å². The SMILES string of the molecule is NS(=O)(=O)c1cccc(CCl)c1CCl. The first-order chi connectivity index (χ1) is 6.50. The molecule has 3 nitrogen and oxygen atoms in total. The second kappa shape index (κ2) is 4.49. The van der Waals surface area contributed by atoms with E-state index in [4.69, 9.17) is 28.3 Å². The van der Waals surface area contributed by atoms with Crippen LogP contribution in [0.1, 0.15) is 11.1 Å². The molecule has 78 valence electrons. The zero-order chi connectivity index (χ0) is 10.8. The fourth-order valence-corrected chi connectivity index (χ4v) is 2.61. The third-order valence-electron chi connectivity index (χ3n) is 1.81. The van der Waals surface area contributed by atoms with Gasteiger partial charge in [-0.15, -0.1) is 23.2 Å². The summed E-state index contributed by atoms with van der Waals surface area (Å²) in [6.45, 7) is 0. The number of rotatable bonds is 3. The molecule has 0 aromatic heterocycles. The third-order valence-corrected chi connectivity index (χ3v) is 3.36. The van der Waals surface area contributed by atoms with E-state index in [2.05, 4.69) is 0 Å². The summed E-state index contributed by atoms with van der Waals surface area (Å²) >= 11 is 11.3. The third kappa shape index (κ3) is 2.39. The molecule has 0 heterocycles. The van der Waals surface area contributed by atoms with Crippen LogP contribution in [0.3, 0.4) is 0 Å². The Morgan fingerprint density at radius 3 is 2.29 bits per heavy atom. The summed E-state index contributed by atoms with van der Waals surface area (Å²) in [6.07, 6.45) is 0. The second-order valence-electron chi connectivity index (χ2n) is 2.71. The number of primary sulfonamides is 1. The molecule has 14 heavy (non-hydrogen) atoms. The Bertz CT molecular complexity index is 431. The summed E-state index contributed by atoms with van der Waals surface area (Å²) in [6, 6.07) is 4.73. The molecule has 0 saturated heterocycles. The fourth-order valence-electron chi connectivity index (χ4n) is 1.15. The van der Waals surface area contributed by atoms with E-state index in [9.17, 15) is 8.42 Å². The van der Waals surface area contributed by atoms with Crippen LogP contribution in [0.25, 0.3) is 0 Å². The predicted octanol–water partition coefficient (Wildman–Crippen LogP) is 1.81. The molecule has 0 unspecified atom stereocenters. The van der Waals surface area contributed by atoms with Gasteiger partial charge in [0, 0.05) is 11.8 Å². The van der Waals surface area contributed by atoms with Gasteiger partial charge in [-0.25, -0.2) is 13.6 Å². The molecule has 0 bridgehead atoms. The summed E-state index contributed by atoms with van der Waals surface area (Å²) < 4.78 is 22.3. The van der Waals surface area contributed by atoms with Crippen molar-refractivity contribution in [3.8, 4) is 0 Å². The average molecular weight is 254 g/mol. The highest BCUT2D eigenvalue weighted by Crippen LogP contribution is 2.22. The molecular weight excluding hydrogens is 245 g/mol. The van der Waals surface area contributed by atoms with Crippen LogP contribution in [-0.4, -0.2) is 8.42 Å². The molecule has 0 amide bonds. The summed E-state index contributed by atoms with van der Waals surface area (Å²) in [4.78, 5) is 0.0469. The number of alkyl halides is 2. The topological polar surface area (TPSA) is 60.2 Å². The van der Waals surface area contributed by atoms with Gasteiger partial charge < -0.3 is 0 Å². The lowest BCUT2D eigenvalue weighted by molar-refractivity contribution is 0.597. The Morgan fingerprint density at radius 2 is 1.86 bits per heavy atom. The molecule has 6 heteroatoms. The van der Waals surface area contributed by atoms with Crippen molar-refractivity contribution in [2.24, 2.45) is 5.14 Å². The van der Waals surface area contributed by atoms with Crippen molar-refractivity contribution < 1.29 is 8.42 Å². The first kappa shape index (κ1) is 11.8. The van der Waals surface area contributed by atoms with E-state index >= 15 is 0 Å². The van der Waals surface area contributed by atoms with Gasteiger partial charge in [-0.05, 0) is 17.2 Å². The van der Waals surface area contributed by atoms with Crippen LogP contribution < -0.4 is 5.14 Å². The highest BCUT2D eigenvalue weighted by atomic mass is 35.5. The van der Waals surface area contributed by atoms with Crippen molar-refractivity contribution in [1.29, 1.82) is 0 Å². The van der Waals surface area contributed by atoms with Crippen LogP contribution in [-0.2, 0) is 21.8 Å². The van der Waals surface area contributed by atoms with Gasteiger partial charge in [-0.1, -0.05) is 12.1 Å². The Labute approximate surface area is 92.9 Å². The Balaban J connectivity index is 3.45. The van der Waals surface area contributed by atoms with Crippen molar-refractivity contribution in [3.63, 3.8) is 0 Å². The van der Waals surface area contributed by atoms with Crippen LogP contribution in [0.4, 0.5) is 0 Å². The minimum absolute atomic E-state index is 0.0469.